The van der Waals surface area contributed by atoms with E-state index in [4.69, 9.17) is 5.73 Å². The highest BCUT2D eigenvalue weighted by Gasteiger charge is 2.05. The lowest BCUT2D eigenvalue weighted by Gasteiger charge is -2.08. The Morgan fingerprint density at radius 2 is 2.17 bits per heavy atom. The van der Waals surface area contributed by atoms with Gasteiger partial charge < -0.3 is 5.73 Å². The summed E-state index contributed by atoms with van der Waals surface area (Å²) in [5, 5.41) is 0. The Kier molecular flexibility index (Phi) is 2.76. The molecule has 0 saturated carbocycles. The molecule has 0 aliphatic carbocycles. The highest BCUT2D eigenvalue weighted by molar-refractivity contribution is 5.19. The van der Waals surface area contributed by atoms with Crippen molar-refractivity contribution >= 4 is 0 Å². The van der Waals surface area contributed by atoms with Crippen LogP contribution < -0.4 is 5.73 Å². The highest BCUT2D eigenvalue weighted by atomic mass is 14.9. The molecular weight excluding hydrogens is 150 g/mol. The molecule has 0 aliphatic heterocycles. The van der Waals surface area contributed by atoms with Crippen molar-refractivity contribution < 1.29 is 0 Å². The van der Waals surface area contributed by atoms with Crippen LogP contribution >= 0.6 is 0 Å². The van der Waals surface area contributed by atoms with Gasteiger partial charge in [0.15, 0.2) is 0 Å². The molecule has 0 unspecified atom stereocenters. The lowest BCUT2D eigenvalue weighted by molar-refractivity contribution is 0.800. The van der Waals surface area contributed by atoms with E-state index in [-0.39, 0.29) is 0 Å². The van der Waals surface area contributed by atoms with Gasteiger partial charge in [-0.25, -0.2) is 9.97 Å². The average molecular weight is 165 g/mol. The molecule has 0 radical (unpaired) electrons. The van der Waals surface area contributed by atoms with Crippen molar-refractivity contribution in [2.45, 2.75) is 33.2 Å². The van der Waals surface area contributed by atoms with Gasteiger partial charge in [0.25, 0.3) is 0 Å². The second-order valence-corrected chi connectivity index (χ2v) is 3.19. The second-order valence-electron chi connectivity index (χ2n) is 3.19. The van der Waals surface area contributed by atoms with E-state index in [1.54, 1.807) is 0 Å². The summed E-state index contributed by atoms with van der Waals surface area (Å²) in [6.07, 6.45) is 1.87. The first kappa shape index (κ1) is 9.13. The fourth-order valence-electron chi connectivity index (χ4n) is 1.19. The first-order valence-corrected chi connectivity index (χ1v) is 4.17. The van der Waals surface area contributed by atoms with Gasteiger partial charge in [-0.15, -0.1) is 0 Å². The summed E-state index contributed by atoms with van der Waals surface area (Å²) in [7, 11) is 0. The number of aromatic nitrogens is 2. The maximum Gasteiger partial charge on any atom is 0.142 e. The largest absolute Gasteiger partial charge is 0.324 e. The van der Waals surface area contributed by atoms with Gasteiger partial charge in [-0.1, -0.05) is 13.8 Å². The SMILES string of the molecule is Cc1nc(CN)ncc1C(C)C. The molecule has 0 bridgehead atoms. The molecule has 0 aliphatic rings. The molecule has 0 aromatic carbocycles. The van der Waals surface area contributed by atoms with Crippen LogP contribution in [0.4, 0.5) is 0 Å². The van der Waals surface area contributed by atoms with E-state index in [0.29, 0.717) is 12.5 Å². The van der Waals surface area contributed by atoms with Crippen LogP contribution in [0.1, 0.15) is 36.8 Å². The molecule has 66 valence electrons. The normalized spacial score (nSPS) is 10.8. The van der Waals surface area contributed by atoms with Crippen LogP contribution in [-0.4, -0.2) is 9.97 Å². The molecule has 2 N–H and O–H groups in total. The zero-order valence-electron chi connectivity index (χ0n) is 7.83. The van der Waals surface area contributed by atoms with Gasteiger partial charge >= 0.3 is 0 Å². The molecular formula is C9H15N3. The minimum Gasteiger partial charge on any atom is -0.324 e. The van der Waals surface area contributed by atoms with Crippen LogP contribution in [0.15, 0.2) is 6.20 Å². The van der Waals surface area contributed by atoms with Gasteiger partial charge in [-0.05, 0) is 18.4 Å². The summed E-state index contributed by atoms with van der Waals surface area (Å²) in [6.45, 7) is 6.68. The number of aryl methyl sites for hydroxylation is 1. The van der Waals surface area contributed by atoms with Crippen LogP contribution in [0.25, 0.3) is 0 Å². The van der Waals surface area contributed by atoms with Crippen molar-refractivity contribution in [3.05, 3.63) is 23.3 Å². The Morgan fingerprint density at radius 3 is 2.58 bits per heavy atom. The summed E-state index contributed by atoms with van der Waals surface area (Å²) in [5.74, 6) is 1.20. The molecule has 3 heteroatoms. The zero-order chi connectivity index (χ0) is 9.14. The molecule has 1 rings (SSSR count). The third kappa shape index (κ3) is 1.80. The maximum atomic E-state index is 5.42. The number of hydrogen-bond donors (Lipinski definition) is 1. The quantitative estimate of drug-likeness (QED) is 0.720. The third-order valence-corrected chi connectivity index (χ3v) is 1.87. The predicted octanol–water partition coefficient (Wildman–Crippen LogP) is 1.37. The van der Waals surface area contributed by atoms with E-state index in [0.717, 1.165) is 11.5 Å². The van der Waals surface area contributed by atoms with Gasteiger partial charge in [0, 0.05) is 11.9 Å². The standard InChI is InChI=1S/C9H15N3/c1-6(2)8-5-11-9(4-10)12-7(8)3/h5-6H,4,10H2,1-3H3. The van der Waals surface area contributed by atoms with Gasteiger partial charge in [-0.2, -0.15) is 0 Å². The smallest absolute Gasteiger partial charge is 0.142 e. The van der Waals surface area contributed by atoms with Crippen molar-refractivity contribution in [3.63, 3.8) is 0 Å². The van der Waals surface area contributed by atoms with E-state index < -0.39 is 0 Å². The number of nitrogens with zero attached hydrogens (tertiary/aromatic N) is 2. The van der Waals surface area contributed by atoms with E-state index in [2.05, 4.69) is 23.8 Å². The summed E-state index contributed by atoms with van der Waals surface area (Å²) in [4.78, 5) is 8.42. The Labute approximate surface area is 73.0 Å². The zero-order valence-corrected chi connectivity index (χ0v) is 7.83. The molecule has 1 aromatic rings. The second kappa shape index (κ2) is 3.63. The van der Waals surface area contributed by atoms with Crippen molar-refractivity contribution in [1.29, 1.82) is 0 Å². The minimum absolute atomic E-state index is 0.416. The molecule has 1 heterocycles. The number of nitrogens with two attached hydrogens (primary N) is 1. The number of hydrogen-bond acceptors (Lipinski definition) is 3. The molecule has 0 atom stereocenters. The van der Waals surface area contributed by atoms with Gasteiger partial charge in [0.2, 0.25) is 0 Å². The highest BCUT2D eigenvalue weighted by Crippen LogP contribution is 2.15. The molecule has 0 saturated heterocycles. The average Bonchev–Trinajstić information content (AvgIpc) is 2.03. The first-order chi connectivity index (χ1) is 5.65. The Hall–Kier alpha value is -0.960. The molecule has 1 aromatic heterocycles. The predicted molar refractivity (Wildman–Crippen MR) is 48.7 cm³/mol. The molecule has 12 heavy (non-hydrogen) atoms. The summed E-state index contributed by atoms with van der Waals surface area (Å²) in [5.41, 5.74) is 7.66. The van der Waals surface area contributed by atoms with Gasteiger partial charge in [-0.3, -0.25) is 0 Å². The van der Waals surface area contributed by atoms with Crippen LogP contribution in [0, 0.1) is 6.92 Å². The van der Waals surface area contributed by atoms with E-state index in [9.17, 15) is 0 Å². The third-order valence-electron chi connectivity index (χ3n) is 1.87. The fraction of sp³-hybridized carbons (Fsp3) is 0.556. The monoisotopic (exact) mass is 165 g/mol. The topological polar surface area (TPSA) is 51.8 Å². The van der Waals surface area contributed by atoms with E-state index in [1.807, 2.05) is 13.1 Å². The summed E-state index contributed by atoms with van der Waals surface area (Å²) < 4.78 is 0. The van der Waals surface area contributed by atoms with Crippen molar-refractivity contribution in [3.8, 4) is 0 Å². The lowest BCUT2D eigenvalue weighted by atomic mass is 10.0. The summed E-state index contributed by atoms with van der Waals surface area (Å²) >= 11 is 0. The summed E-state index contributed by atoms with van der Waals surface area (Å²) in [6, 6.07) is 0. The Bertz CT molecular complexity index is 268. The molecule has 0 spiro atoms. The van der Waals surface area contributed by atoms with Crippen molar-refractivity contribution in [2.75, 3.05) is 0 Å². The minimum atomic E-state index is 0.416. The van der Waals surface area contributed by atoms with Gasteiger partial charge in [0.1, 0.15) is 5.82 Å². The molecule has 0 amide bonds. The van der Waals surface area contributed by atoms with Gasteiger partial charge in [0.05, 0.1) is 6.54 Å². The Balaban J connectivity index is 3.03. The van der Waals surface area contributed by atoms with Crippen LogP contribution in [0.2, 0.25) is 0 Å². The van der Waals surface area contributed by atoms with Crippen molar-refractivity contribution in [2.24, 2.45) is 5.73 Å². The first-order valence-electron chi connectivity index (χ1n) is 4.17. The maximum absolute atomic E-state index is 5.42. The lowest BCUT2D eigenvalue weighted by Crippen LogP contribution is -2.06. The van der Waals surface area contributed by atoms with Crippen LogP contribution in [-0.2, 0) is 6.54 Å². The van der Waals surface area contributed by atoms with Crippen LogP contribution in [0.3, 0.4) is 0 Å². The molecule has 0 fully saturated rings. The van der Waals surface area contributed by atoms with Crippen molar-refractivity contribution in [1.82, 2.24) is 9.97 Å². The molecule has 3 nitrogen and oxygen atoms in total. The number of rotatable bonds is 2. The van der Waals surface area contributed by atoms with Crippen LogP contribution in [0.5, 0.6) is 0 Å². The van der Waals surface area contributed by atoms with E-state index >= 15 is 0 Å². The Morgan fingerprint density at radius 1 is 1.50 bits per heavy atom. The van der Waals surface area contributed by atoms with E-state index in [1.165, 1.54) is 5.56 Å². The fourth-order valence-corrected chi connectivity index (χ4v) is 1.19.